The molecule has 2 N–H and O–H groups in total. The molecule has 0 heterocycles. The van der Waals surface area contributed by atoms with Gasteiger partial charge in [-0.25, -0.2) is 0 Å². The molecule has 0 unspecified atom stereocenters. The summed E-state index contributed by atoms with van der Waals surface area (Å²) in [6.45, 7) is 4.46. The molecule has 60 valence electrons. The molecule has 0 aliphatic heterocycles. The van der Waals surface area contributed by atoms with Gasteiger partial charge in [-0.15, -0.1) is 0 Å². The van der Waals surface area contributed by atoms with Crippen molar-refractivity contribution in [2.24, 2.45) is 5.92 Å². The van der Waals surface area contributed by atoms with E-state index in [-0.39, 0.29) is 12.6 Å². The Morgan fingerprint density at radius 2 is 2.10 bits per heavy atom. The smallest absolute Gasteiger partial charge is 0.0582 e. The molecule has 1 fully saturated rings. The van der Waals surface area contributed by atoms with Crippen molar-refractivity contribution in [3.05, 3.63) is 0 Å². The lowest BCUT2D eigenvalue weighted by molar-refractivity contribution is 0.239. The first-order valence-electron chi connectivity index (χ1n) is 4.11. The summed E-state index contributed by atoms with van der Waals surface area (Å²) < 4.78 is 0. The molecule has 0 aromatic heterocycles. The number of hydrogen-bond acceptors (Lipinski definition) is 2. The van der Waals surface area contributed by atoms with Gasteiger partial charge in [0.2, 0.25) is 0 Å². The molecule has 1 saturated carbocycles. The van der Waals surface area contributed by atoms with Crippen molar-refractivity contribution in [1.82, 2.24) is 5.32 Å². The Kier molecular flexibility index (Phi) is 2.69. The van der Waals surface area contributed by atoms with Crippen LogP contribution in [0.5, 0.6) is 0 Å². The van der Waals surface area contributed by atoms with Gasteiger partial charge >= 0.3 is 0 Å². The third-order valence-corrected chi connectivity index (χ3v) is 2.15. The third kappa shape index (κ3) is 2.27. The van der Waals surface area contributed by atoms with Crippen molar-refractivity contribution < 1.29 is 5.11 Å². The molecule has 2 nitrogen and oxygen atoms in total. The fraction of sp³-hybridized carbons (Fsp3) is 1.00. The molecule has 2 atom stereocenters. The highest BCUT2D eigenvalue weighted by Crippen LogP contribution is 2.32. The van der Waals surface area contributed by atoms with Gasteiger partial charge in [0, 0.05) is 12.1 Å². The van der Waals surface area contributed by atoms with E-state index >= 15 is 0 Å². The average molecular weight is 143 g/mol. The molecule has 0 radical (unpaired) electrons. The molecule has 1 aliphatic carbocycles. The number of aliphatic hydroxyl groups excluding tert-OH is 1. The Labute approximate surface area is 62.6 Å². The summed E-state index contributed by atoms with van der Waals surface area (Å²) in [5, 5.41) is 12.1. The Balaban J connectivity index is 2.10. The van der Waals surface area contributed by atoms with E-state index in [0.717, 1.165) is 5.92 Å². The zero-order chi connectivity index (χ0) is 7.56. The second-order valence-electron chi connectivity index (χ2n) is 3.38. The molecule has 2 heteroatoms. The third-order valence-electron chi connectivity index (χ3n) is 2.15. The second-order valence-corrected chi connectivity index (χ2v) is 3.38. The topological polar surface area (TPSA) is 32.3 Å². The second kappa shape index (κ2) is 3.35. The van der Waals surface area contributed by atoms with Gasteiger partial charge in [0.25, 0.3) is 0 Å². The molecule has 0 saturated heterocycles. The van der Waals surface area contributed by atoms with Gasteiger partial charge in [0.15, 0.2) is 0 Å². The number of nitrogens with one attached hydrogen (secondary N) is 1. The van der Waals surface area contributed by atoms with E-state index in [1.165, 1.54) is 12.8 Å². The highest BCUT2D eigenvalue weighted by molar-refractivity contribution is 4.84. The average Bonchev–Trinajstić information content (AvgIpc) is 2.68. The summed E-state index contributed by atoms with van der Waals surface area (Å²) in [4.78, 5) is 0. The monoisotopic (exact) mass is 143 g/mol. The highest BCUT2D eigenvalue weighted by atomic mass is 16.3. The lowest BCUT2D eigenvalue weighted by Crippen LogP contribution is -2.37. The highest BCUT2D eigenvalue weighted by Gasteiger charge is 2.28. The van der Waals surface area contributed by atoms with Gasteiger partial charge in [-0.2, -0.15) is 0 Å². The van der Waals surface area contributed by atoms with E-state index in [9.17, 15) is 0 Å². The van der Waals surface area contributed by atoms with Crippen molar-refractivity contribution in [3.63, 3.8) is 0 Å². The molecule has 0 aromatic carbocycles. The van der Waals surface area contributed by atoms with Crippen LogP contribution in [0.25, 0.3) is 0 Å². The van der Waals surface area contributed by atoms with Crippen LogP contribution in [0.3, 0.4) is 0 Å². The van der Waals surface area contributed by atoms with E-state index in [0.29, 0.717) is 6.04 Å². The molecular weight excluding hydrogens is 126 g/mol. The van der Waals surface area contributed by atoms with Crippen LogP contribution in [-0.4, -0.2) is 23.8 Å². The van der Waals surface area contributed by atoms with Crippen molar-refractivity contribution >= 4 is 0 Å². The van der Waals surface area contributed by atoms with Gasteiger partial charge in [0.1, 0.15) is 0 Å². The maximum Gasteiger partial charge on any atom is 0.0582 e. The first-order valence-corrected chi connectivity index (χ1v) is 4.11. The van der Waals surface area contributed by atoms with Crippen molar-refractivity contribution in [3.8, 4) is 0 Å². The van der Waals surface area contributed by atoms with Gasteiger partial charge in [-0.1, -0.05) is 0 Å². The molecule has 1 aliphatic rings. The summed E-state index contributed by atoms with van der Waals surface area (Å²) in [5.41, 5.74) is 0. The maximum absolute atomic E-state index is 8.72. The van der Waals surface area contributed by atoms with Crippen LogP contribution in [0, 0.1) is 5.92 Å². The summed E-state index contributed by atoms with van der Waals surface area (Å²) in [6.07, 6.45) is 2.73. The fourth-order valence-corrected chi connectivity index (χ4v) is 1.23. The molecule has 0 bridgehead atoms. The van der Waals surface area contributed by atoms with Crippen LogP contribution < -0.4 is 5.32 Å². The van der Waals surface area contributed by atoms with Crippen LogP contribution >= 0.6 is 0 Å². The zero-order valence-electron chi connectivity index (χ0n) is 6.80. The zero-order valence-corrected chi connectivity index (χ0v) is 6.80. The summed E-state index contributed by atoms with van der Waals surface area (Å²) in [7, 11) is 0. The van der Waals surface area contributed by atoms with E-state index in [4.69, 9.17) is 5.11 Å². The minimum absolute atomic E-state index is 0.247. The standard InChI is InChI=1S/C8H17NO/c1-6(5-10)9-7(2)8-3-4-8/h6-10H,3-5H2,1-2H3/t6-,7-/m0/s1. The summed E-state index contributed by atoms with van der Waals surface area (Å²) in [6, 6.07) is 0.859. The van der Waals surface area contributed by atoms with Crippen LogP contribution in [0.2, 0.25) is 0 Å². The lowest BCUT2D eigenvalue weighted by atomic mass is 10.2. The van der Waals surface area contributed by atoms with E-state index < -0.39 is 0 Å². The van der Waals surface area contributed by atoms with Crippen LogP contribution in [-0.2, 0) is 0 Å². The van der Waals surface area contributed by atoms with Crippen molar-refractivity contribution in [1.29, 1.82) is 0 Å². The van der Waals surface area contributed by atoms with Crippen LogP contribution in [0.1, 0.15) is 26.7 Å². The minimum atomic E-state index is 0.247. The predicted octanol–water partition coefficient (Wildman–Crippen LogP) is 0.755. The van der Waals surface area contributed by atoms with Gasteiger partial charge in [-0.05, 0) is 32.6 Å². The molecule has 10 heavy (non-hydrogen) atoms. The van der Waals surface area contributed by atoms with Gasteiger partial charge in [0.05, 0.1) is 6.61 Å². The first kappa shape index (κ1) is 8.02. The molecule has 1 rings (SSSR count). The van der Waals surface area contributed by atoms with E-state index in [1.54, 1.807) is 0 Å². The molecule has 0 spiro atoms. The van der Waals surface area contributed by atoms with Gasteiger partial charge < -0.3 is 10.4 Å². The number of hydrogen-bond donors (Lipinski definition) is 2. The lowest BCUT2D eigenvalue weighted by Gasteiger charge is -2.17. The Morgan fingerprint density at radius 3 is 2.50 bits per heavy atom. The first-order chi connectivity index (χ1) is 4.74. The largest absolute Gasteiger partial charge is 0.395 e. The van der Waals surface area contributed by atoms with Crippen LogP contribution in [0.15, 0.2) is 0 Å². The Morgan fingerprint density at radius 1 is 1.50 bits per heavy atom. The number of rotatable bonds is 4. The molecular formula is C8H17NO. The summed E-state index contributed by atoms with van der Waals surface area (Å²) >= 11 is 0. The fourth-order valence-electron chi connectivity index (χ4n) is 1.23. The summed E-state index contributed by atoms with van der Waals surface area (Å²) in [5.74, 6) is 0.883. The number of aliphatic hydroxyl groups is 1. The van der Waals surface area contributed by atoms with Crippen LogP contribution in [0.4, 0.5) is 0 Å². The van der Waals surface area contributed by atoms with Gasteiger partial charge in [-0.3, -0.25) is 0 Å². The predicted molar refractivity (Wildman–Crippen MR) is 41.9 cm³/mol. The molecule has 0 amide bonds. The SMILES string of the molecule is C[C@H](N[C@@H](C)CO)C1CC1. The Bertz CT molecular complexity index is 101. The van der Waals surface area contributed by atoms with E-state index in [2.05, 4.69) is 12.2 Å². The quantitative estimate of drug-likeness (QED) is 0.609. The van der Waals surface area contributed by atoms with Crippen molar-refractivity contribution in [2.75, 3.05) is 6.61 Å². The van der Waals surface area contributed by atoms with E-state index in [1.807, 2.05) is 6.92 Å². The normalized spacial score (nSPS) is 24.3. The van der Waals surface area contributed by atoms with Crippen molar-refractivity contribution in [2.45, 2.75) is 38.8 Å². The minimum Gasteiger partial charge on any atom is -0.395 e. The molecule has 0 aromatic rings. The Hall–Kier alpha value is -0.0800. The maximum atomic E-state index is 8.72.